The summed E-state index contributed by atoms with van der Waals surface area (Å²) in [6.45, 7) is 1.91. The van der Waals surface area contributed by atoms with Gasteiger partial charge in [-0.2, -0.15) is 10.2 Å². The zero-order valence-electron chi connectivity index (χ0n) is 10.1. The van der Waals surface area contributed by atoms with Gasteiger partial charge in [-0.25, -0.2) is 4.98 Å². The number of aryl methyl sites for hydroxylation is 1. The number of nitrogens with one attached hydrogen (secondary N) is 1. The van der Waals surface area contributed by atoms with Gasteiger partial charge in [0.2, 0.25) is 11.8 Å². The molecule has 0 aliphatic carbocycles. The molecular formula is C13H12N4O. The van der Waals surface area contributed by atoms with Crippen molar-refractivity contribution in [2.75, 3.05) is 12.4 Å². The van der Waals surface area contributed by atoms with Crippen molar-refractivity contribution in [3.8, 4) is 17.7 Å². The molecule has 0 aliphatic heterocycles. The number of hydrogen-bond donors (Lipinski definition) is 1. The fraction of sp³-hybridized carbons (Fsp3) is 0.154. The first-order valence-corrected chi connectivity index (χ1v) is 5.42. The van der Waals surface area contributed by atoms with E-state index in [0.29, 0.717) is 23.1 Å². The Morgan fingerprint density at radius 3 is 2.89 bits per heavy atom. The van der Waals surface area contributed by atoms with Gasteiger partial charge in [0.15, 0.2) is 0 Å². The van der Waals surface area contributed by atoms with E-state index >= 15 is 0 Å². The van der Waals surface area contributed by atoms with Crippen molar-refractivity contribution in [2.24, 2.45) is 0 Å². The average molecular weight is 240 g/mol. The van der Waals surface area contributed by atoms with Crippen LogP contribution in [0.1, 0.15) is 11.1 Å². The van der Waals surface area contributed by atoms with E-state index in [1.54, 1.807) is 31.4 Å². The number of rotatable bonds is 3. The van der Waals surface area contributed by atoms with E-state index in [2.05, 4.69) is 21.4 Å². The lowest BCUT2D eigenvalue weighted by atomic mass is 10.1. The number of nitriles is 1. The second-order valence-electron chi connectivity index (χ2n) is 3.66. The third-order valence-electron chi connectivity index (χ3n) is 2.39. The fourth-order valence-corrected chi connectivity index (χ4v) is 1.41. The van der Waals surface area contributed by atoms with Gasteiger partial charge in [0.05, 0.1) is 11.6 Å². The Hall–Kier alpha value is -2.61. The second kappa shape index (κ2) is 5.15. The predicted octanol–water partition coefficient (Wildman–Crippen LogP) is 2.49. The predicted molar refractivity (Wildman–Crippen MR) is 67.5 cm³/mol. The molecule has 0 spiro atoms. The maximum absolute atomic E-state index is 8.86. The van der Waals surface area contributed by atoms with E-state index in [1.807, 2.05) is 13.0 Å². The lowest BCUT2D eigenvalue weighted by Gasteiger charge is -2.08. The van der Waals surface area contributed by atoms with Crippen molar-refractivity contribution in [3.05, 3.63) is 41.6 Å². The van der Waals surface area contributed by atoms with Crippen LogP contribution in [0.5, 0.6) is 11.6 Å². The van der Waals surface area contributed by atoms with Crippen molar-refractivity contribution in [3.63, 3.8) is 0 Å². The van der Waals surface area contributed by atoms with Gasteiger partial charge < -0.3 is 10.1 Å². The lowest BCUT2D eigenvalue weighted by Crippen LogP contribution is -1.98. The van der Waals surface area contributed by atoms with E-state index in [1.165, 1.54) is 0 Å². The van der Waals surface area contributed by atoms with Crippen molar-refractivity contribution in [2.45, 2.75) is 6.92 Å². The number of aromatic nitrogens is 2. The molecule has 5 nitrogen and oxygen atoms in total. The van der Waals surface area contributed by atoms with Gasteiger partial charge in [0, 0.05) is 19.3 Å². The lowest BCUT2D eigenvalue weighted by molar-refractivity contribution is 0.459. The van der Waals surface area contributed by atoms with E-state index in [4.69, 9.17) is 10.00 Å². The normalized spacial score (nSPS) is 9.61. The van der Waals surface area contributed by atoms with E-state index in [0.717, 1.165) is 5.56 Å². The molecule has 0 saturated carbocycles. The minimum atomic E-state index is 0.438. The topological polar surface area (TPSA) is 70.8 Å². The standard InChI is InChI=1S/C13H12N4O/c1-9-3-4-10(8-14)7-11(9)18-12-5-6-16-13(15-2)17-12/h3-7H,1-2H3,(H,15,16,17). The van der Waals surface area contributed by atoms with E-state index in [-0.39, 0.29) is 0 Å². The van der Waals surface area contributed by atoms with Crippen molar-refractivity contribution in [1.29, 1.82) is 5.26 Å². The van der Waals surface area contributed by atoms with Crippen molar-refractivity contribution < 1.29 is 4.74 Å². The highest BCUT2D eigenvalue weighted by atomic mass is 16.5. The highest BCUT2D eigenvalue weighted by Gasteiger charge is 2.05. The smallest absolute Gasteiger partial charge is 0.225 e. The highest BCUT2D eigenvalue weighted by Crippen LogP contribution is 2.24. The van der Waals surface area contributed by atoms with Crippen LogP contribution in [0.3, 0.4) is 0 Å². The van der Waals surface area contributed by atoms with Gasteiger partial charge in [-0.3, -0.25) is 0 Å². The van der Waals surface area contributed by atoms with Crippen LogP contribution in [0, 0.1) is 18.3 Å². The molecule has 2 aromatic rings. The molecular weight excluding hydrogens is 228 g/mol. The Balaban J connectivity index is 2.30. The zero-order valence-corrected chi connectivity index (χ0v) is 10.1. The minimum absolute atomic E-state index is 0.438. The van der Waals surface area contributed by atoms with Gasteiger partial charge >= 0.3 is 0 Å². The Kier molecular flexibility index (Phi) is 3.39. The summed E-state index contributed by atoms with van der Waals surface area (Å²) in [7, 11) is 1.74. The van der Waals surface area contributed by atoms with Crippen LogP contribution >= 0.6 is 0 Å². The molecule has 0 saturated heterocycles. The fourth-order valence-electron chi connectivity index (χ4n) is 1.41. The molecule has 1 N–H and O–H groups in total. The largest absolute Gasteiger partial charge is 0.439 e. The molecule has 2 rings (SSSR count). The molecule has 0 atom stereocenters. The molecule has 5 heteroatoms. The number of ether oxygens (including phenoxy) is 1. The minimum Gasteiger partial charge on any atom is -0.439 e. The van der Waals surface area contributed by atoms with Gasteiger partial charge in [-0.1, -0.05) is 6.07 Å². The third-order valence-corrected chi connectivity index (χ3v) is 2.39. The Labute approximate surface area is 105 Å². The highest BCUT2D eigenvalue weighted by molar-refractivity contribution is 5.43. The monoisotopic (exact) mass is 240 g/mol. The van der Waals surface area contributed by atoms with Crippen LogP contribution in [0.25, 0.3) is 0 Å². The number of hydrogen-bond acceptors (Lipinski definition) is 5. The van der Waals surface area contributed by atoms with Crippen LogP contribution < -0.4 is 10.1 Å². The molecule has 0 radical (unpaired) electrons. The first-order valence-electron chi connectivity index (χ1n) is 5.42. The maximum Gasteiger partial charge on any atom is 0.225 e. The molecule has 0 fully saturated rings. The van der Waals surface area contributed by atoms with Gasteiger partial charge in [-0.05, 0) is 24.6 Å². The Morgan fingerprint density at radius 1 is 1.33 bits per heavy atom. The third kappa shape index (κ3) is 2.55. The van der Waals surface area contributed by atoms with Crippen LogP contribution in [0.15, 0.2) is 30.5 Å². The van der Waals surface area contributed by atoms with Crippen LogP contribution in [0.2, 0.25) is 0 Å². The molecule has 0 amide bonds. The van der Waals surface area contributed by atoms with Crippen LogP contribution in [0.4, 0.5) is 5.95 Å². The summed E-state index contributed by atoms with van der Waals surface area (Å²) in [5.74, 6) is 1.55. The van der Waals surface area contributed by atoms with Gasteiger partial charge in [-0.15, -0.1) is 0 Å². The maximum atomic E-state index is 8.86. The van der Waals surface area contributed by atoms with Crippen molar-refractivity contribution >= 4 is 5.95 Å². The second-order valence-corrected chi connectivity index (χ2v) is 3.66. The molecule has 0 bridgehead atoms. The van der Waals surface area contributed by atoms with Crippen LogP contribution in [-0.2, 0) is 0 Å². The molecule has 1 aromatic heterocycles. The first-order chi connectivity index (χ1) is 8.72. The van der Waals surface area contributed by atoms with Crippen molar-refractivity contribution in [1.82, 2.24) is 9.97 Å². The first kappa shape index (κ1) is 11.9. The number of benzene rings is 1. The SMILES string of the molecule is CNc1nccc(Oc2cc(C#N)ccc2C)n1. The molecule has 1 heterocycles. The van der Waals surface area contributed by atoms with Gasteiger partial charge in [0.25, 0.3) is 0 Å². The van der Waals surface area contributed by atoms with Crippen LogP contribution in [-0.4, -0.2) is 17.0 Å². The Morgan fingerprint density at radius 2 is 2.17 bits per heavy atom. The molecule has 90 valence electrons. The summed E-state index contributed by atoms with van der Waals surface area (Å²) >= 11 is 0. The van der Waals surface area contributed by atoms with Gasteiger partial charge in [0.1, 0.15) is 5.75 Å². The van der Waals surface area contributed by atoms with E-state index < -0.39 is 0 Å². The molecule has 0 unspecified atom stereocenters. The quantitative estimate of drug-likeness (QED) is 0.892. The Bertz CT molecular complexity index is 604. The van der Waals surface area contributed by atoms with E-state index in [9.17, 15) is 0 Å². The summed E-state index contributed by atoms with van der Waals surface area (Å²) in [5, 5.41) is 11.7. The summed E-state index contributed by atoms with van der Waals surface area (Å²) in [6.07, 6.45) is 1.61. The molecule has 0 aliphatic rings. The zero-order chi connectivity index (χ0) is 13.0. The summed E-state index contributed by atoms with van der Waals surface area (Å²) in [4.78, 5) is 8.16. The molecule has 1 aromatic carbocycles. The average Bonchev–Trinajstić information content (AvgIpc) is 2.41. The molecule has 18 heavy (non-hydrogen) atoms. The summed E-state index contributed by atoms with van der Waals surface area (Å²) in [6, 6.07) is 9.03. The summed E-state index contributed by atoms with van der Waals surface area (Å²) < 4.78 is 5.65. The number of anilines is 1. The number of nitrogens with zero attached hydrogens (tertiary/aromatic N) is 3. The summed E-state index contributed by atoms with van der Waals surface area (Å²) in [5.41, 5.74) is 1.50.